The van der Waals surface area contributed by atoms with Crippen LogP contribution in [0, 0.1) is 9.49 Å². The minimum atomic E-state index is -0.177. The van der Waals surface area contributed by atoms with Crippen molar-refractivity contribution in [3.8, 4) is 0 Å². The molecule has 0 saturated heterocycles. The number of rotatable bonds is 3. The molecule has 0 heterocycles. The zero-order valence-corrected chi connectivity index (χ0v) is 14.5. The normalized spacial score (nSPS) is 22.6. The Kier molecular flexibility index (Phi) is 5.95. The summed E-state index contributed by atoms with van der Waals surface area (Å²) in [6.45, 7) is 0.109. The van der Waals surface area contributed by atoms with Crippen molar-refractivity contribution in [1.29, 1.82) is 0 Å². The first kappa shape index (κ1) is 16.3. The molecule has 2 N–H and O–H groups in total. The van der Waals surface area contributed by atoms with E-state index in [0.717, 1.165) is 25.7 Å². The van der Waals surface area contributed by atoms with Crippen LogP contribution in [0.5, 0.6) is 0 Å². The van der Waals surface area contributed by atoms with Gasteiger partial charge in [-0.2, -0.15) is 0 Å². The standard InChI is InChI=1S/C14H16Cl2INO2/c15-9-5-10(13(17)11(16)6-9)14(20)18-12-4-2-1-3-8(12)7-19/h5-6,8,12,19H,1-4,7H2,(H,18,20). The molecule has 2 atom stereocenters. The molecule has 0 radical (unpaired) electrons. The Labute approximate surface area is 142 Å². The average molecular weight is 428 g/mol. The lowest BCUT2D eigenvalue weighted by Crippen LogP contribution is -2.43. The van der Waals surface area contributed by atoms with Gasteiger partial charge in [0, 0.05) is 27.2 Å². The number of carbonyl (C=O) groups excluding carboxylic acids is 1. The molecule has 110 valence electrons. The minimum Gasteiger partial charge on any atom is -0.396 e. The van der Waals surface area contributed by atoms with Crippen molar-refractivity contribution in [2.24, 2.45) is 5.92 Å². The third kappa shape index (κ3) is 3.78. The SMILES string of the molecule is O=C(NC1CCCCC1CO)c1cc(Cl)cc(Cl)c1I. The molecule has 0 aromatic heterocycles. The number of halogens is 3. The van der Waals surface area contributed by atoms with Gasteiger partial charge >= 0.3 is 0 Å². The Morgan fingerprint density at radius 1 is 1.35 bits per heavy atom. The average Bonchev–Trinajstić information content (AvgIpc) is 2.43. The Morgan fingerprint density at radius 2 is 2.05 bits per heavy atom. The Balaban J connectivity index is 2.15. The highest BCUT2D eigenvalue weighted by atomic mass is 127. The molecule has 1 fully saturated rings. The van der Waals surface area contributed by atoms with E-state index in [0.29, 0.717) is 19.2 Å². The van der Waals surface area contributed by atoms with E-state index in [4.69, 9.17) is 23.2 Å². The van der Waals surface area contributed by atoms with Gasteiger partial charge in [-0.3, -0.25) is 4.79 Å². The van der Waals surface area contributed by atoms with Crippen LogP contribution in [-0.2, 0) is 0 Å². The van der Waals surface area contributed by atoms with Crippen LogP contribution in [0.25, 0.3) is 0 Å². The summed E-state index contributed by atoms with van der Waals surface area (Å²) < 4.78 is 0.697. The first-order valence-electron chi connectivity index (χ1n) is 6.59. The predicted octanol–water partition coefficient (Wildman–Crippen LogP) is 3.88. The molecule has 1 saturated carbocycles. The van der Waals surface area contributed by atoms with Crippen LogP contribution in [-0.4, -0.2) is 23.7 Å². The summed E-state index contributed by atoms with van der Waals surface area (Å²) in [5, 5.41) is 13.3. The Hall–Kier alpha value is -0.0400. The summed E-state index contributed by atoms with van der Waals surface area (Å²) in [5.41, 5.74) is 0.491. The molecule has 1 aliphatic rings. The Morgan fingerprint density at radius 3 is 2.75 bits per heavy atom. The second-order valence-electron chi connectivity index (χ2n) is 5.06. The van der Waals surface area contributed by atoms with Crippen LogP contribution in [0.1, 0.15) is 36.0 Å². The number of hydrogen-bond donors (Lipinski definition) is 2. The third-order valence-corrected chi connectivity index (χ3v) is 5.70. The quantitative estimate of drug-likeness (QED) is 0.568. The van der Waals surface area contributed by atoms with Crippen LogP contribution >= 0.6 is 45.8 Å². The molecule has 2 rings (SSSR count). The summed E-state index contributed by atoms with van der Waals surface area (Å²) >= 11 is 14.1. The van der Waals surface area contributed by atoms with Crippen LogP contribution in [0.4, 0.5) is 0 Å². The van der Waals surface area contributed by atoms with Gasteiger partial charge < -0.3 is 10.4 Å². The third-order valence-electron chi connectivity index (χ3n) is 3.70. The predicted molar refractivity (Wildman–Crippen MR) is 89.5 cm³/mol. The molecule has 2 unspecified atom stereocenters. The van der Waals surface area contributed by atoms with Crippen LogP contribution in [0.15, 0.2) is 12.1 Å². The monoisotopic (exact) mass is 427 g/mol. The number of aliphatic hydroxyl groups excluding tert-OH is 1. The maximum Gasteiger partial charge on any atom is 0.252 e. The largest absolute Gasteiger partial charge is 0.396 e. The van der Waals surface area contributed by atoms with Gasteiger partial charge in [-0.1, -0.05) is 36.0 Å². The molecular formula is C14H16Cl2INO2. The number of nitrogens with one attached hydrogen (secondary N) is 1. The van der Waals surface area contributed by atoms with E-state index in [1.165, 1.54) is 0 Å². The van der Waals surface area contributed by atoms with Gasteiger partial charge in [-0.05, 0) is 47.6 Å². The molecule has 1 aromatic carbocycles. The highest BCUT2D eigenvalue weighted by Crippen LogP contribution is 2.28. The van der Waals surface area contributed by atoms with E-state index in [2.05, 4.69) is 5.32 Å². The van der Waals surface area contributed by atoms with Crippen molar-refractivity contribution in [2.75, 3.05) is 6.61 Å². The van der Waals surface area contributed by atoms with Gasteiger partial charge in [0.1, 0.15) is 0 Å². The van der Waals surface area contributed by atoms with Gasteiger partial charge in [-0.25, -0.2) is 0 Å². The maximum absolute atomic E-state index is 12.4. The van der Waals surface area contributed by atoms with Crippen LogP contribution < -0.4 is 5.32 Å². The lowest BCUT2D eigenvalue weighted by atomic mass is 9.85. The van der Waals surface area contributed by atoms with E-state index in [-0.39, 0.29) is 24.5 Å². The number of aliphatic hydroxyl groups is 1. The van der Waals surface area contributed by atoms with Gasteiger partial charge in [0.2, 0.25) is 0 Å². The zero-order chi connectivity index (χ0) is 14.7. The molecule has 0 aliphatic heterocycles. The molecule has 20 heavy (non-hydrogen) atoms. The molecular weight excluding hydrogens is 412 g/mol. The molecule has 1 amide bonds. The van der Waals surface area contributed by atoms with E-state index >= 15 is 0 Å². The van der Waals surface area contributed by atoms with Crippen molar-refractivity contribution in [3.05, 3.63) is 31.3 Å². The lowest BCUT2D eigenvalue weighted by molar-refractivity contribution is 0.0871. The molecule has 6 heteroatoms. The number of carbonyl (C=O) groups is 1. The fraction of sp³-hybridized carbons (Fsp3) is 0.500. The van der Waals surface area contributed by atoms with E-state index in [1.807, 2.05) is 22.6 Å². The fourth-order valence-corrected chi connectivity index (χ4v) is 3.63. The molecule has 1 aliphatic carbocycles. The second-order valence-corrected chi connectivity index (χ2v) is 6.98. The highest BCUT2D eigenvalue weighted by molar-refractivity contribution is 14.1. The van der Waals surface area contributed by atoms with Crippen molar-refractivity contribution in [3.63, 3.8) is 0 Å². The molecule has 3 nitrogen and oxygen atoms in total. The highest BCUT2D eigenvalue weighted by Gasteiger charge is 2.27. The topological polar surface area (TPSA) is 49.3 Å². The van der Waals surface area contributed by atoms with Gasteiger partial charge in [0.05, 0.1) is 10.6 Å². The summed E-state index contributed by atoms with van der Waals surface area (Å²) in [5.74, 6) is -0.0378. The fourth-order valence-electron chi connectivity index (χ4n) is 2.58. The van der Waals surface area contributed by atoms with Gasteiger partial charge in [0.25, 0.3) is 5.91 Å². The van der Waals surface area contributed by atoms with Gasteiger partial charge in [0.15, 0.2) is 0 Å². The van der Waals surface area contributed by atoms with Crippen LogP contribution in [0.2, 0.25) is 10.0 Å². The first-order chi connectivity index (χ1) is 9.52. The van der Waals surface area contributed by atoms with Gasteiger partial charge in [-0.15, -0.1) is 0 Å². The van der Waals surface area contributed by atoms with Crippen LogP contribution in [0.3, 0.4) is 0 Å². The van der Waals surface area contributed by atoms with Crippen molar-refractivity contribution in [1.82, 2.24) is 5.32 Å². The summed E-state index contributed by atoms with van der Waals surface area (Å²) in [6, 6.07) is 3.27. The van der Waals surface area contributed by atoms with E-state index < -0.39 is 0 Å². The number of benzene rings is 1. The smallest absolute Gasteiger partial charge is 0.252 e. The molecule has 0 bridgehead atoms. The second kappa shape index (κ2) is 7.29. The summed E-state index contributed by atoms with van der Waals surface area (Å²) in [6.07, 6.45) is 4.05. The molecule has 0 spiro atoms. The minimum absolute atomic E-state index is 0.0230. The summed E-state index contributed by atoms with van der Waals surface area (Å²) in [7, 11) is 0. The first-order valence-corrected chi connectivity index (χ1v) is 8.42. The number of hydrogen-bond acceptors (Lipinski definition) is 2. The maximum atomic E-state index is 12.4. The molecule has 1 aromatic rings. The van der Waals surface area contributed by atoms with E-state index in [1.54, 1.807) is 12.1 Å². The summed E-state index contributed by atoms with van der Waals surface area (Å²) in [4.78, 5) is 12.4. The lowest BCUT2D eigenvalue weighted by Gasteiger charge is -2.31. The zero-order valence-electron chi connectivity index (χ0n) is 10.8. The van der Waals surface area contributed by atoms with E-state index in [9.17, 15) is 9.90 Å². The number of amides is 1. The Bertz CT molecular complexity index is 510. The van der Waals surface area contributed by atoms with Crippen molar-refractivity contribution in [2.45, 2.75) is 31.7 Å². The van der Waals surface area contributed by atoms with Crippen molar-refractivity contribution >= 4 is 51.7 Å². The van der Waals surface area contributed by atoms with Crippen molar-refractivity contribution < 1.29 is 9.90 Å².